The maximum atomic E-state index is 12.1. The smallest absolute Gasteiger partial charge is 0.224 e. The fourth-order valence-electron chi connectivity index (χ4n) is 3.46. The molecule has 0 aliphatic heterocycles. The van der Waals surface area contributed by atoms with Gasteiger partial charge in [-0.25, -0.2) is 0 Å². The van der Waals surface area contributed by atoms with Gasteiger partial charge in [-0.15, -0.1) is 0 Å². The van der Waals surface area contributed by atoms with E-state index < -0.39 is 0 Å². The van der Waals surface area contributed by atoms with Crippen LogP contribution in [0, 0.1) is 0 Å². The first-order valence-corrected chi connectivity index (χ1v) is 11.7. The summed E-state index contributed by atoms with van der Waals surface area (Å²) in [7, 11) is 6.41. The highest BCUT2D eigenvalue weighted by Gasteiger charge is 2.22. The monoisotopic (exact) mass is 381 g/mol. The molecule has 1 atom stereocenters. The second-order valence-electron chi connectivity index (χ2n) is 8.94. The lowest BCUT2D eigenvalue weighted by Gasteiger charge is -2.33. The molecule has 3 nitrogen and oxygen atoms in total. The van der Waals surface area contributed by atoms with Crippen molar-refractivity contribution in [1.29, 1.82) is 0 Å². The van der Waals surface area contributed by atoms with Crippen LogP contribution in [0.5, 0.6) is 0 Å². The summed E-state index contributed by atoms with van der Waals surface area (Å²) < 4.78 is 0.786. The fourth-order valence-corrected chi connectivity index (χ4v) is 3.46. The lowest BCUT2D eigenvalue weighted by molar-refractivity contribution is -0.898. The average molecular weight is 382 g/mol. The summed E-state index contributed by atoms with van der Waals surface area (Å²) in [6, 6.07) is 0. The number of nitrogens with zero attached hydrogens (tertiary/aromatic N) is 1. The number of carbonyl (C=O) groups is 1. The van der Waals surface area contributed by atoms with Crippen LogP contribution >= 0.6 is 0 Å². The van der Waals surface area contributed by atoms with Gasteiger partial charge in [0.2, 0.25) is 5.91 Å². The number of allylic oxidation sites excluding steroid dienone is 2. The minimum absolute atomic E-state index is 0.215. The predicted molar refractivity (Wildman–Crippen MR) is 120 cm³/mol. The van der Waals surface area contributed by atoms with Gasteiger partial charge in [0.05, 0.1) is 21.1 Å². The van der Waals surface area contributed by atoms with Crippen LogP contribution in [0.1, 0.15) is 110 Å². The molecule has 160 valence electrons. The molecule has 0 aromatic carbocycles. The Labute approximate surface area is 170 Å². The first-order chi connectivity index (χ1) is 12.9. The average Bonchev–Trinajstić information content (AvgIpc) is 2.62. The molecular formula is C24H49N2O+. The Bertz CT molecular complexity index is 371. The molecule has 0 heterocycles. The molecule has 0 aromatic rings. The van der Waals surface area contributed by atoms with E-state index in [1.807, 2.05) is 0 Å². The molecule has 0 bridgehead atoms. The van der Waals surface area contributed by atoms with E-state index in [2.05, 4.69) is 52.5 Å². The van der Waals surface area contributed by atoms with Gasteiger partial charge in [0, 0.05) is 12.8 Å². The molecule has 0 spiro atoms. The van der Waals surface area contributed by atoms with Crippen LogP contribution in [-0.4, -0.2) is 37.7 Å². The summed E-state index contributed by atoms with van der Waals surface area (Å²) >= 11 is 0. The number of amides is 1. The van der Waals surface area contributed by atoms with Crippen molar-refractivity contribution in [2.24, 2.45) is 0 Å². The van der Waals surface area contributed by atoms with Crippen molar-refractivity contribution < 1.29 is 9.28 Å². The molecule has 0 aliphatic rings. The first kappa shape index (κ1) is 26.2. The zero-order chi connectivity index (χ0) is 20.4. The Kier molecular flexibility index (Phi) is 16.7. The number of carbonyl (C=O) groups excluding carboxylic acids is 1. The summed E-state index contributed by atoms with van der Waals surface area (Å²) in [5.41, 5.74) is 0. The van der Waals surface area contributed by atoms with E-state index in [0.717, 1.165) is 17.3 Å². The molecule has 0 saturated carbocycles. The molecule has 1 amide bonds. The SMILES string of the molecule is CCCCCCCC/C=C\CCCCCCCC(=O)NC(CC)[N+](C)(C)C. The molecule has 1 N–H and O–H groups in total. The van der Waals surface area contributed by atoms with Gasteiger partial charge in [-0.05, 0) is 32.1 Å². The van der Waals surface area contributed by atoms with Gasteiger partial charge in [0.1, 0.15) is 0 Å². The van der Waals surface area contributed by atoms with Crippen molar-refractivity contribution in [3.05, 3.63) is 12.2 Å². The van der Waals surface area contributed by atoms with Crippen LogP contribution in [0.25, 0.3) is 0 Å². The number of hydrogen-bond donors (Lipinski definition) is 1. The highest BCUT2D eigenvalue weighted by Crippen LogP contribution is 2.10. The third kappa shape index (κ3) is 17.0. The molecule has 0 saturated heterocycles. The van der Waals surface area contributed by atoms with E-state index in [-0.39, 0.29) is 12.1 Å². The van der Waals surface area contributed by atoms with Crippen LogP contribution < -0.4 is 5.32 Å². The zero-order valence-corrected chi connectivity index (χ0v) is 19.2. The van der Waals surface area contributed by atoms with Gasteiger partial charge in [-0.2, -0.15) is 0 Å². The van der Waals surface area contributed by atoms with Gasteiger partial charge in [0.25, 0.3) is 0 Å². The van der Waals surface area contributed by atoms with Crippen LogP contribution in [0.3, 0.4) is 0 Å². The highest BCUT2D eigenvalue weighted by atomic mass is 16.1. The molecular weight excluding hydrogens is 332 g/mol. The summed E-state index contributed by atoms with van der Waals surface area (Å²) in [6.07, 6.45) is 23.4. The summed E-state index contributed by atoms with van der Waals surface area (Å²) in [6.45, 7) is 4.41. The highest BCUT2D eigenvalue weighted by molar-refractivity contribution is 5.75. The topological polar surface area (TPSA) is 29.1 Å². The molecule has 3 heteroatoms. The molecule has 27 heavy (non-hydrogen) atoms. The molecule has 1 unspecified atom stereocenters. The van der Waals surface area contributed by atoms with Crippen LogP contribution in [0.2, 0.25) is 0 Å². The van der Waals surface area contributed by atoms with Crippen molar-refractivity contribution in [3.63, 3.8) is 0 Å². The van der Waals surface area contributed by atoms with E-state index >= 15 is 0 Å². The molecule has 0 rings (SSSR count). The third-order valence-corrected chi connectivity index (χ3v) is 5.31. The Morgan fingerprint density at radius 3 is 1.74 bits per heavy atom. The molecule has 0 aliphatic carbocycles. The second kappa shape index (κ2) is 17.3. The van der Waals surface area contributed by atoms with E-state index in [1.165, 1.54) is 77.0 Å². The predicted octanol–water partition coefficient (Wildman–Crippen LogP) is 6.58. The number of hydrogen-bond acceptors (Lipinski definition) is 1. The quantitative estimate of drug-likeness (QED) is 0.123. The lowest BCUT2D eigenvalue weighted by Crippen LogP contribution is -2.54. The van der Waals surface area contributed by atoms with Gasteiger partial charge in [0.15, 0.2) is 6.17 Å². The Morgan fingerprint density at radius 1 is 0.778 bits per heavy atom. The second-order valence-corrected chi connectivity index (χ2v) is 8.94. The summed E-state index contributed by atoms with van der Waals surface area (Å²) in [5, 5.41) is 3.18. The number of rotatable bonds is 18. The summed E-state index contributed by atoms with van der Waals surface area (Å²) in [4.78, 5) is 12.1. The third-order valence-electron chi connectivity index (χ3n) is 5.31. The summed E-state index contributed by atoms with van der Waals surface area (Å²) in [5.74, 6) is 0.215. The standard InChI is InChI=1S/C24H48N2O/c1-6-8-9-10-11-12-13-14-15-16-17-18-19-20-21-22-24(27)25-23(7-2)26(3,4)5/h14-15,23H,6-13,16-22H2,1-5H3/p+1/b15-14-. The van der Waals surface area contributed by atoms with Gasteiger partial charge < -0.3 is 9.80 Å². The van der Waals surface area contributed by atoms with E-state index in [9.17, 15) is 4.79 Å². The number of unbranched alkanes of at least 4 members (excludes halogenated alkanes) is 11. The van der Waals surface area contributed by atoms with Crippen molar-refractivity contribution >= 4 is 5.91 Å². The maximum absolute atomic E-state index is 12.1. The minimum atomic E-state index is 0.215. The molecule has 0 fully saturated rings. The molecule has 0 aromatic heterocycles. The van der Waals surface area contributed by atoms with E-state index in [1.54, 1.807) is 0 Å². The molecule has 0 radical (unpaired) electrons. The lowest BCUT2D eigenvalue weighted by atomic mass is 10.1. The van der Waals surface area contributed by atoms with Crippen molar-refractivity contribution in [2.75, 3.05) is 21.1 Å². The Morgan fingerprint density at radius 2 is 1.26 bits per heavy atom. The first-order valence-electron chi connectivity index (χ1n) is 11.7. The minimum Gasteiger partial charge on any atom is -0.311 e. The van der Waals surface area contributed by atoms with Crippen LogP contribution in [0.4, 0.5) is 0 Å². The normalized spacial score (nSPS) is 13.2. The van der Waals surface area contributed by atoms with E-state index in [0.29, 0.717) is 6.42 Å². The Balaban J connectivity index is 3.44. The van der Waals surface area contributed by atoms with Crippen molar-refractivity contribution in [3.8, 4) is 0 Å². The van der Waals surface area contributed by atoms with Gasteiger partial charge >= 0.3 is 0 Å². The Hall–Kier alpha value is -0.830. The van der Waals surface area contributed by atoms with Gasteiger partial charge in [-0.3, -0.25) is 4.79 Å². The van der Waals surface area contributed by atoms with Crippen LogP contribution in [0.15, 0.2) is 12.2 Å². The fraction of sp³-hybridized carbons (Fsp3) is 0.875. The largest absolute Gasteiger partial charge is 0.311 e. The van der Waals surface area contributed by atoms with Crippen molar-refractivity contribution in [1.82, 2.24) is 5.32 Å². The maximum Gasteiger partial charge on any atom is 0.224 e. The van der Waals surface area contributed by atoms with E-state index in [4.69, 9.17) is 0 Å². The van der Waals surface area contributed by atoms with Crippen molar-refractivity contribution in [2.45, 2.75) is 116 Å². The number of quaternary nitrogens is 1. The number of nitrogens with one attached hydrogen (secondary N) is 1. The zero-order valence-electron chi connectivity index (χ0n) is 19.2. The van der Waals surface area contributed by atoms with Crippen LogP contribution in [-0.2, 0) is 4.79 Å². The van der Waals surface area contributed by atoms with Gasteiger partial charge in [-0.1, -0.05) is 77.4 Å².